The van der Waals surface area contributed by atoms with E-state index in [4.69, 9.17) is 4.84 Å². The number of ketones is 2. The summed E-state index contributed by atoms with van der Waals surface area (Å²) in [5, 5.41) is 5.85. The molecule has 0 unspecified atom stereocenters. The molecule has 0 atom stereocenters. The van der Waals surface area contributed by atoms with Crippen molar-refractivity contribution in [1.82, 2.24) is 4.57 Å². The van der Waals surface area contributed by atoms with Gasteiger partial charge in [0, 0.05) is 58.4 Å². The van der Waals surface area contributed by atoms with Crippen molar-refractivity contribution in [3.63, 3.8) is 0 Å². The normalized spacial score (nSPS) is 14.3. The van der Waals surface area contributed by atoms with E-state index in [1.807, 2.05) is 67.6 Å². The number of fused-ring (bicyclic) bond motifs is 3. The van der Waals surface area contributed by atoms with E-state index in [-0.39, 0.29) is 17.3 Å². The van der Waals surface area contributed by atoms with Crippen LogP contribution in [-0.2, 0) is 21.0 Å². The highest BCUT2D eigenvalue weighted by Gasteiger charge is 2.24. The van der Waals surface area contributed by atoms with Gasteiger partial charge in [0.2, 0.25) is 0 Å². The number of benzene rings is 3. The maximum absolute atomic E-state index is 13.4. The fourth-order valence-corrected chi connectivity index (χ4v) is 5.66. The van der Waals surface area contributed by atoms with Crippen molar-refractivity contribution in [3.05, 3.63) is 82.9 Å². The summed E-state index contributed by atoms with van der Waals surface area (Å²) in [7, 11) is 0. The van der Waals surface area contributed by atoms with Gasteiger partial charge in [-0.05, 0) is 55.7 Å². The van der Waals surface area contributed by atoms with Crippen LogP contribution in [0.4, 0.5) is 0 Å². The molecule has 0 saturated heterocycles. The summed E-state index contributed by atoms with van der Waals surface area (Å²) in [6, 6.07) is 19.2. The highest BCUT2D eigenvalue weighted by Crippen LogP contribution is 2.33. The predicted molar refractivity (Wildman–Crippen MR) is 150 cm³/mol. The third kappa shape index (κ3) is 4.91. The third-order valence-electron chi connectivity index (χ3n) is 7.58. The average molecular weight is 509 g/mol. The molecule has 6 heteroatoms. The Balaban J connectivity index is 1.62. The van der Waals surface area contributed by atoms with Crippen LogP contribution in [0.5, 0.6) is 0 Å². The van der Waals surface area contributed by atoms with Crippen molar-refractivity contribution in [1.29, 1.82) is 0 Å². The Kier molecular flexibility index (Phi) is 7.23. The van der Waals surface area contributed by atoms with Crippen LogP contribution in [-0.4, -0.2) is 27.8 Å². The quantitative estimate of drug-likeness (QED) is 0.114. The molecule has 38 heavy (non-hydrogen) atoms. The van der Waals surface area contributed by atoms with Crippen LogP contribution in [0.3, 0.4) is 0 Å². The molecule has 1 saturated carbocycles. The van der Waals surface area contributed by atoms with Crippen molar-refractivity contribution in [3.8, 4) is 0 Å². The van der Waals surface area contributed by atoms with E-state index in [1.54, 1.807) is 0 Å². The minimum absolute atomic E-state index is 0.0256. The summed E-state index contributed by atoms with van der Waals surface area (Å²) in [5.41, 5.74) is 5.01. The number of hydrogen-bond donors (Lipinski definition) is 0. The molecule has 0 N–H and O–H groups in total. The lowest BCUT2D eigenvalue weighted by molar-refractivity contribution is -0.140. The van der Waals surface area contributed by atoms with Crippen LogP contribution < -0.4 is 0 Å². The number of oxime groups is 1. The molecule has 0 aliphatic heterocycles. The Hall–Kier alpha value is -4.06. The molecule has 0 spiro atoms. The monoisotopic (exact) mass is 508 g/mol. The lowest BCUT2D eigenvalue weighted by Gasteiger charge is -2.10. The summed E-state index contributed by atoms with van der Waals surface area (Å²) >= 11 is 0. The first-order valence-corrected chi connectivity index (χ1v) is 13.3. The number of rotatable bonds is 8. The molecular weight excluding hydrogens is 476 g/mol. The van der Waals surface area contributed by atoms with Gasteiger partial charge in [-0.1, -0.05) is 61.2 Å². The Morgan fingerprint density at radius 3 is 2.18 bits per heavy atom. The first-order chi connectivity index (χ1) is 18.4. The van der Waals surface area contributed by atoms with Crippen molar-refractivity contribution in [2.45, 2.75) is 59.4 Å². The largest absolute Gasteiger partial charge is 0.341 e. The van der Waals surface area contributed by atoms with Crippen LogP contribution in [0.1, 0.15) is 73.0 Å². The maximum atomic E-state index is 13.4. The number of aromatic nitrogens is 1. The van der Waals surface area contributed by atoms with Gasteiger partial charge < -0.3 is 9.40 Å². The second-order valence-corrected chi connectivity index (χ2v) is 10.2. The molecule has 1 aliphatic rings. The van der Waals surface area contributed by atoms with Gasteiger partial charge in [-0.25, -0.2) is 4.79 Å². The lowest BCUT2D eigenvalue weighted by atomic mass is 9.94. The fourth-order valence-electron chi connectivity index (χ4n) is 5.66. The van der Waals surface area contributed by atoms with E-state index < -0.39 is 5.97 Å². The summed E-state index contributed by atoms with van der Waals surface area (Å²) in [6.07, 6.45) is 4.74. The molecule has 6 nitrogen and oxygen atoms in total. The molecule has 1 fully saturated rings. The van der Waals surface area contributed by atoms with Crippen LogP contribution in [0, 0.1) is 12.8 Å². The van der Waals surface area contributed by atoms with Gasteiger partial charge in [0.05, 0.1) is 0 Å². The molecule has 1 aromatic heterocycles. The summed E-state index contributed by atoms with van der Waals surface area (Å²) in [5.74, 6) is -0.375. The minimum Gasteiger partial charge on any atom is -0.341 e. The average Bonchev–Trinajstić information content (AvgIpc) is 3.53. The molecule has 0 bridgehead atoms. The zero-order valence-electron chi connectivity index (χ0n) is 22.1. The van der Waals surface area contributed by atoms with Gasteiger partial charge in [-0.15, -0.1) is 0 Å². The molecular formula is C32H32N2O4. The van der Waals surface area contributed by atoms with Gasteiger partial charge in [0.15, 0.2) is 17.3 Å². The molecule has 1 aliphatic carbocycles. The first-order valence-electron chi connectivity index (χ1n) is 13.3. The van der Waals surface area contributed by atoms with Gasteiger partial charge in [-0.2, -0.15) is 0 Å². The molecule has 1 heterocycles. The Morgan fingerprint density at radius 1 is 0.921 bits per heavy atom. The predicted octanol–water partition coefficient (Wildman–Crippen LogP) is 6.77. The first kappa shape index (κ1) is 25.6. The van der Waals surface area contributed by atoms with E-state index in [0.29, 0.717) is 29.0 Å². The highest BCUT2D eigenvalue weighted by molar-refractivity contribution is 6.46. The SMILES string of the molecule is CCn1c2ccc(C(=O)c3ccccc3C)cc2c2cc(/C(=N/OC(C)=O)C(=O)CC3CCCC3)ccc21. The minimum atomic E-state index is -0.570. The Labute approximate surface area is 222 Å². The van der Waals surface area contributed by atoms with Crippen LogP contribution in [0.2, 0.25) is 0 Å². The number of carbonyl (C=O) groups is 3. The zero-order chi connectivity index (χ0) is 26.8. The third-order valence-corrected chi connectivity index (χ3v) is 7.58. The number of Topliss-reactive ketones (excluding diaryl/α,β-unsaturated/α-hetero) is 1. The lowest BCUT2D eigenvalue weighted by Crippen LogP contribution is -2.19. The molecule has 3 aromatic carbocycles. The molecule has 5 rings (SSSR count). The Bertz CT molecular complexity index is 1590. The Morgan fingerprint density at radius 2 is 1.55 bits per heavy atom. The fraction of sp³-hybridized carbons (Fsp3) is 0.312. The standard InChI is InChI=1S/C32H32N2O4/c1-4-34-28-15-13-23(31(33-38-21(3)35)30(36)17-22-10-6-7-11-22)18-26(28)27-19-24(14-16-29(27)34)32(37)25-12-8-5-9-20(25)2/h5,8-9,12-16,18-19,22H,4,6-7,10-11,17H2,1-3H3/b33-31-. The number of aryl methyl sites for hydroxylation is 2. The van der Waals surface area contributed by atoms with Crippen LogP contribution in [0.15, 0.2) is 65.8 Å². The van der Waals surface area contributed by atoms with E-state index in [9.17, 15) is 14.4 Å². The van der Waals surface area contributed by atoms with Crippen molar-refractivity contribution >= 4 is 45.1 Å². The van der Waals surface area contributed by atoms with Gasteiger partial charge in [0.1, 0.15) is 0 Å². The summed E-state index contributed by atoms with van der Waals surface area (Å²) in [6.45, 7) is 6.04. The summed E-state index contributed by atoms with van der Waals surface area (Å²) in [4.78, 5) is 43.2. The zero-order valence-corrected chi connectivity index (χ0v) is 22.1. The van der Waals surface area contributed by atoms with E-state index >= 15 is 0 Å². The number of carbonyl (C=O) groups excluding carboxylic acids is 3. The molecule has 194 valence electrons. The van der Waals surface area contributed by atoms with E-state index in [2.05, 4.69) is 16.6 Å². The van der Waals surface area contributed by atoms with Crippen LogP contribution >= 0.6 is 0 Å². The number of nitrogens with zero attached hydrogens (tertiary/aromatic N) is 2. The second kappa shape index (κ2) is 10.7. The van der Waals surface area contributed by atoms with Crippen molar-refractivity contribution < 1.29 is 19.2 Å². The van der Waals surface area contributed by atoms with Gasteiger partial charge in [0.25, 0.3) is 0 Å². The molecule has 0 amide bonds. The summed E-state index contributed by atoms with van der Waals surface area (Å²) < 4.78 is 2.19. The van der Waals surface area contributed by atoms with Crippen molar-refractivity contribution in [2.75, 3.05) is 0 Å². The van der Waals surface area contributed by atoms with Gasteiger partial charge in [-0.3, -0.25) is 9.59 Å². The van der Waals surface area contributed by atoms with Crippen LogP contribution in [0.25, 0.3) is 21.8 Å². The topological polar surface area (TPSA) is 77.7 Å². The maximum Gasteiger partial charge on any atom is 0.332 e. The van der Waals surface area contributed by atoms with Gasteiger partial charge >= 0.3 is 5.97 Å². The highest BCUT2D eigenvalue weighted by atomic mass is 16.7. The van der Waals surface area contributed by atoms with E-state index in [1.165, 1.54) is 6.92 Å². The molecule has 0 radical (unpaired) electrons. The van der Waals surface area contributed by atoms with E-state index in [0.717, 1.165) is 59.6 Å². The smallest absolute Gasteiger partial charge is 0.332 e. The second-order valence-electron chi connectivity index (χ2n) is 10.2. The van der Waals surface area contributed by atoms with Crippen molar-refractivity contribution in [2.24, 2.45) is 11.1 Å². The molecule has 4 aromatic rings. The number of hydrogen-bond acceptors (Lipinski definition) is 5.